The van der Waals surface area contributed by atoms with Crippen molar-refractivity contribution in [3.8, 4) is 5.75 Å². The number of ether oxygens (including phenoxy) is 1. The second-order valence-corrected chi connectivity index (χ2v) is 6.85. The number of para-hydroxylation sites is 1. The van der Waals surface area contributed by atoms with Crippen molar-refractivity contribution in [2.45, 2.75) is 58.7 Å². The Hall–Kier alpha value is -2.71. The van der Waals surface area contributed by atoms with Crippen molar-refractivity contribution in [2.24, 2.45) is 4.99 Å². The summed E-state index contributed by atoms with van der Waals surface area (Å²) in [5.41, 5.74) is 0.604. The minimum Gasteiger partial charge on any atom is -0.434 e. The number of rotatable bonds is 8. The summed E-state index contributed by atoms with van der Waals surface area (Å²) in [5.74, 6) is 2.83. The van der Waals surface area contributed by atoms with E-state index < -0.39 is 6.61 Å². The molecule has 1 aromatic heterocycles. The number of aryl methyl sites for hydroxylation is 1. The largest absolute Gasteiger partial charge is 0.434 e. The average molecular weight is 406 g/mol. The van der Waals surface area contributed by atoms with Gasteiger partial charge in [0.1, 0.15) is 17.4 Å². The summed E-state index contributed by atoms with van der Waals surface area (Å²) in [5, 5.41) is 15.1. The monoisotopic (exact) mass is 406 g/mol. The maximum Gasteiger partial charge on any atom is 0.387 e. The molecule has 7 nitrogen and oxygen atoms in total. The van der Waals surface area contributed by atoms with Crippen LogP contribution < -0.4 is 15.4 Å². The maximum absolute atomic E-state index is 12.6. The normalized spacial score (nSPS) is 14.4. The molecule has 0 spiro atoms. The van der Waals surface area contributed by atoms with Gasteiger partial charge in [-0.1, -0.05) is 24.6 Å². The van der Waals surface area contributed by atoms with Crippen LogP contribution in [0.3, 0.4) is 0 Å². The van der Waals surface area contributed by atoms with Gasteiger partial charge < -0.3 is 19.9 Å². The summed E-state index contributed by atoms with van der Waals surface area (Å²) >= 11 is 0. The zero-order valence-corrected chi connectivity index (χ0v) is 16.7. The second-order valence-electron chi connectivity index (χ2n) is 6.85. The van der Waals surface area contributed by atoms with Gasteiger partial charge in [0, 0.05) is 38.0 Å². The lowest BCUT2D eigenvalue weighted by molar-refractivity contribution is -0.0504. The maximum atomic E-state index is 12.6. The third kappa shape index (κ3) is 6.13. The number of hydrogen-bond donors (Lipinski definition) is 2. The molecule has 0 amide bonds. The summed E-state index contributed by atoms with van der Waals surface area (Å²) < 4.78 is 31.9. The van der Waals surface area contributed by atoms with Crippen molar-refractivity contribution in [3.63, 3.8) is 0 Å². The predicted octanol–water partition coefficient (Wildman–Crippen LogP) is 2.90. The molecule has 0 bridgehead atoms. The van der Waals surface area contributed by atoms with E-state index in [2.05, 4.69) is 35.1 Å². The molecule has 2 aromatic rings. The molecule has 158 valence electrons. The summed E-state index contributed by atoms with van der Waals surface area (Å²) in [7, 11) is 0. The summed E-state index contributed by atoms with van der Waals surface area (Å²) in [4.78, 5) is 4.50. The molecule has 29 heavy (non-hydrogen) atoms. The van der Waals surface area contributed by atoms with Gasteiger partial charge in [0.15, 0.2) is 5.96 Å². The molecular formula is C20H28F2N6O. The Morgan fingerprint density at radius 2 is 2.07 bits per heavy atom. The Balaban J connectivity index is 1.59. The first-order valence-corrected chi connectivity index (χ1v) is 10.1. The van der Waals surface area contributed by atoms with E-state index in [1.165, 1.54) is 18.9 Å². The Labute approximate surface area is 169 Å². The van der Waals surface area contributed by atoms with E-state index in [0.717, 1.165) is 37.5 Å². The van der Waals surface area contributed by atoms with Gasteiger partial charge in [-0.2, -0.15) is 8.78 Å². The van der Waals surface area contributed by atoms with Crippen LogP contribution >= 0.6 is 0 Å². The van der Waals surface area contributed by atoms with Crippen LogP contribution in [0.25, 0.3) is 0 Å². The second kappa shape index (κ2) is 10.7. The van der Waals surface area contributed by atoms with Gasteiger partial charge in [-0.25, -0.2) is 4.99 Å². The molecule has 0 fully saturated rings. The van der Waals surface area contributed by atoms with Gasteiger partial charge in [-0.15, -0.1) is 10.2 Å². The minimum atomic E-state index is -2.86. The lowest BCUT2D eigenvalue weighted by atomic mass is 10.2. The van der Waals surface area contributed by atoms with Crippen molar-refractivity contribution in [3.05, 3.63) is 41.5 Å². The van der Waals surface area contributed by atoms with Gasteiger partial charge >= 0.3 is 6.61 Å². The van der Waals surface area contributed by atoms with E-state index in [4.69, 9.17) is 0 Å². The van der Waals surface area contributed by atoms with Gasteiger partial charge in [0.05, 0.1) is 6.54 Å². The highest BCUT2D eigenvalue weighted by Gasteiger charge is 2.14. The van der Waals surface area contributed by atoms with Crippen LogP contribution in [-0.2, 0) is 25.9 Å². The summed E-state index contributed by atoms with van der Waals surface area (Å²) in [6.07, 6.45) is 5.29. The summed E-state index contributed by atoms with van der Waals surface area (Å²) in [6.45, 7) is 1.68. The molecule has 0 aliphatic carbocycles. The lowest BCUT2D eigenvalue weighted by Crippen LogP contribution is -2.38. The Morgan fingerprint density at radius 1 is 1.21 bits per heavy atom. The quantitative estimate of drug-likeness (QED) is 0.521. The molecule has 0 radical (unpaired) electrons. The van der Waals surface area contributed by atoms with Gasteiger partial charge in [0.25, 0.3) is 0 Å². The number of aliphatic imine (C=N–C) groups is 1. The molecule has 1 aliphatic heterocycles. The fourth-order valence-corrected chi connectivity index (χ4v) is 3.37. The number of hydrogen-bond acceptors (Lipinski definition) is 4. The molecule has 2 heterocycles. The molecule has 3 rings (SSSR count). The van der Waals surface area contributed by atoms with E-state index >= 15 is 0 Å². The summed E-state index contributed by atoms with van der Waals surface area (Å²) in [6, 6.07) is 6.70. The third-order valence-corrected chi connectivity index (χ3v) is 4.77. The number of alkyl halides is 2. The number of nitrogens with zero attached hydrogens (tertiary/aromatic N) is 4. The topological polar surface area (TPSA) is 76.4 Å². The van der Waals surface area contributed by atoms with Crippen LogP contribution in [0.4, 0.5) is 8.78 Å². The van der Waals surface area contributed by atoms with Crippen LogP contribution in [0.5, 0.6) is 5.75 Å². The number of guanidine groups is 1. The predicted molar refractivity (Wildman–Crippen MR) is 107 cm³/mol. The van der Waals surface area contributed by atoms with Gasteiger partial charge in [-0.05, 0) is 25.8 Å². The van der Waals surface area contributed by atoms with Crippen LogP contribution in [-0.4, -0.2) is 40.4 Å². The van der Waals surface area contributed by atoms with Crippen LogP contribution in [0.15, 0.2) is 29.3 Å². The van der Waals surface area contributed by atoms with Crippen molar-refractivity contribution >= 4 is 5.96 Å². The molecule has 2 N–H and O–H groups in total. The zero-order valence-electron chi connectivity index (χ0n) is 16.7. The molecular weight excluding hydrogens is 378 g/mol. The first-order valence-electron chi connectivity index (χ1n) is 10.1. The number of nitrogens with one attached hydrogen (secondary N) is 2. The molecule has 1 aromatic carbocycles. The standard InChI is InChI=1S/C20H28F2N6O/c1-2-23-20(25-14-15-8-5-6-9-16(15)29-19(21)22)24-12-11-18-27-26-17-10-4-3-7-13-28(17)18/h5-6,8-9,19H,2-4,7,10-14H2,1H3,(H2,23,24,25). The minimum absolute atomic E-state index is 0.147. The Kier molecular flexibility index (Phi) is 7.77. The van der Waals surface area contributed by atoms with E-state index in [-0.39, 0.29) is 12.3 Å². The first-order chi connectivity index (χ1) is 14.2. The Morgan fingerprint density at radius 3 is 2.90 bits per heavy atom. The highest BCUT2D eigenvalue weighted by Crippen LogP contribution is 2.21. The number of fused-ring (bicyclic) bond motifs is 1. The smallest absolute Gasteiger partial charge is 0.387 e. The van der Waals surface area contributed by atoms with Crippen molar-refractivity contribution in [1.82, 2.24) is 25.4 Å². The van der Waals surface area contributed by atoms with E-state index in [1.807, 2.05) is 6.92 Å². The van der Waals surface area contributed by atoms with Crippen LogP contribution in [0, 0.1) is 0 Å². The average Bonchev–Trinajstić information content (AvgIpc) is 2.93. The van der Waals surface area contributed by atoms with Crippen LogP contribution in [0.2, 0.25) is 0 Å². The van der Waals surface area contributed by atoms with Gasteiger partial charge in [0.2, 0.25) is 0 Å². The van der Waals surface area contributed by atoms with E-state index in [1.54, 1.807) is 18.2 Å². The number of aromatic nitrogens is 3. The Bertz CT molecular complexity index is 808. The van der Waals surface area contributed by atoms with Crippen LogP contribution in [0.1, 0.15) is 43.4 Å². The first kappa shape index (κ1) is 21.0. The molecule has 9 heteroatoms. The molecule has 0 saturated heterocycles. The SMILES string of the molecule is CCNC(=NCc1ccccc1OC(F)F)NCCc1nnc2n1CCCCC2. The highest BCUT2D eigenvalue weighted by molar-refractivity contribution is 5.79. The highest BCUT2D eigenvalue weighted by atomic mass is 19.3. The third-order valence-electron chi connectivity index (χ3n) is 4.77. The molecule has 0 atom stereocenters. The number of benzene rings is 1. The van der Waals surface area contributed by atoms with Crippen molar-refractivity contribution in [1.29, 1.82) is 0 Å². The molecule has 0 saturated carbocycles. The zero-order chi connectivity index (χ0) is 20.5. The van der Waals surface area contributed by atoms with E-state index in [0.29, 0.717) is 24.6 Å². The fraction of sp³-hybridized carbons (Fsp3) is 0.550. The van der Waals surface area contributed by atoms with Crippen molar-refractivity contribution < 1.29 is 13.5 Å². The number of halogens is 2. The van der Waals surface area contributed by atoms with Gasteiger partial charge in [-0.3, -0.25) is 0 Å². The fourth-order valence-electron chi connectivity index (χ4n) is 3.37. The van der Waals surface area contributed by atoms with Crippen molar-refractivity contribution in [2.75, 3.05) is 13.1 Å². The van der Waals surface area contributed by atoms with E-state index in [9.17, 15) is 8.78 Å². The molecule has 0 unspecified atom stereocenters. The lowest BCUT2D eigenvalue weighted by Gasteiger charge is -2.13. The molecule has 1 aliphatic rings.